The Kier molecular flexibility index (Phi) is 9.13. The number of hydrogen-bond donors (Lipinski definition) is 3. The highest BCUT2D eigenvalue weighted by molar-refractivity contribution is 5.87. The minimum atomic E-state index is -2.50. The van der Waals surface area contributed by atoms with Crippen molar-refractivity contribution < 1.29 is 18.4 Å². The number of hydrogen-bond acceptors (Lipinski definition) is 7. The minimum absolute atomic E-state index is 0.0339. The summed E-state index contributed by atoms with van der Waals surface area (Å²) in [5.41, 5.74) is 8.45. The lowest BCUT2D eigenvalue weighted by Gasteiger charge is -2.32. The van der Waals surface area contributed by atoms with Crippen LogP contribution >= 0.6 is 0 Å². The van der Waals surface area contributed by atoms with Gasteiger partial charge >= 0.3 is 0 Å². The summed E-state index contributed by atoms with van der Waals surface area (Å²) in [6.45, 7) is 7.02. The molecule has 38 heavy (non-hydrogen) atoms. The number of benzene rings is 2. The number of carbonyl (C=O) groups excluding carboxylic acids is 2. The number of aryl methyl sites for hydroxylation is 1. The third kappa shape index (κ3) is 6.58. The monoisotopic (exact) mass is 529 g/mol. The summed E-state index contributed by atoms with van der Waals surface area (Å²) in [6, 6.07) is 11.8. The second kappa shape index (κ2) is 12.5. The van der Waals surface area contributed by atoms with E-state index in [1.807, 2.05) is 37.1 Å². The molecule has 0 fully saturated rings. The summed E-state index contributed by atoms with van der Waals surface area (Å²) in [6.07, 6.45) is -2.50. The van der Waals surface area contributed by atoms with E-state index in [1.54, 1.807) is 23.0 Å². The zero-order chi connectivity index (χ0) is 27.2. The fourth-order valence-corrected chi connectivity index (χ4v) is 4.92. The van der Waals surface area contributed by atoms with Gasteiger partial charge in [0.25, 0.3) is 12.3 Å². The number of amides is 2. The first-order valence-corrected chi connectivity index (χ1v) is 13.0. The zero-order valence-corrected chi connectivity index (χ0v) is 22.3. The van der Waals surface area contributed by atoms with Crippen molar-refractivity contribution in [1.82, 2.24) is 26.1 Å². The van der Waals surface area contributed by atoms with E-state index in [4.69, 9.17) is 0 Å². The van der Waals surface area contributed by atoms with E-state index >= 15 is 0 Å². The van der Waals surface area contributed by atoms with E-state index < -0.39 is 13.0 Å². The molecule has 0 spiro atoms. The molecular formula is C27H37F2N7O2. The van der Waals surface area contributed by atoms with Crippen LogP contribution in [0, 0.1) is 6.92 Å². The van der Waals surface area contributed by atoms with E-state index in [2.05, 4.69) is 28.2 Å². The average Bonchev–Trinajstić information content (AvgIpc) is 3.48. The fraction of sp³-hybridized carbons (Fsp3) is 0.481. The van der Waals surface area contributed by atoms with Gasteiger partial charge in [-0.3, -0.25) is 14.6 Å². The summed E-state index contributed by atoms with van der Waals surface area (Å²) in [4.78, 5) is 28.1. The highest BCUT2D eigenvalue weighted by Crippen LogP contribution is 2.33. The highest BCUT2D eigenvalue weighted by atomic mass is 19.3. The van der Waals surface area contributed by atoms with Crippen molar-refractivity contribution in [3.8, 4) is 0 Å². The number of nitrogens with one attached hydrogen (secondary N) is 3. The van der Waals surface area contributed by atoms with E-state index in [0.717, 1.165) is 17.7 Å². The fourth-order valence-electron chi connectivity index (χ4n) is 4.92. The van der Waals surface area contributed by atoms with Gasteiger partial charge in [0, 0.05) is 45.5 Å². The van der Waals surface area contributed by atoms with E-state index in [0.29, 0.717) is 44.1 Å². The first kappa shape index (κ1) is 27.7. The first-order chi connectivity index (χ1) is 18.3. The SMILES string of the molecule is CCNCCNC(=O)CN(CC(=O)N(C)N1Cc2ccccc2C1)c1cc2c(cc1C)CNN2CC(F)F. The number of fused-ring (bicyclic) bond motifs is 2. The third-order valence-electron chi connectivity index (χ3n) is 6.95. The molecule has 0 atom stereocenters. The normalized spacial score (nSPS) is 14.5. The van der Waals surface area contributed by atoms with Crippen molar-refractivity contribution in [1.29, 1.82) is 0 Å². The first-order valence-electron chi connectivity index (χ1n) is 13.0. The Labute approximate surface area is 222 Å². The summed E-state index contributed by atoms with van der Waals surface area (Å²) >= 11 is 0. The van der Waals surface area contributed by atoms with Crippen LogP contribution in [-0.4, -0.2) is 74.6 Å². The van der Waals surface area contributed by atoms with Crippen LogP contribution in [0.15, 0.2) is 36.4 Å². The van der Waals surface area contributed by atoms with Crippen molar-refractivity contribution in [2.45, 2.75) is 39.9 Å². The van der Waals surface area contributed by atoms with Crippen molar-refractivity contribution in [3.63, 3.8) is 0 Å². The molecule has 2 amide bonds. The van der Waals surface area contributed by atoms with Crippen LogP contribution in [0.1, 0.15) is 29.2 Å². The molecule has 206 valence electrons. The van der Waals surface area contributed by atoms with Gasteiger partial charge in [0.2, 0.25) is 5.91 Å². The Morgan fingerprint density at radius 2 is 1.79 bits per heavy atom. The van der Waals surface area contributed by atoms with Crippen LogP contribution < -0.4 is 26.0 Å². The molecule has 2 aromatic rings. The number of likely N-dealkylation sites (N-methyl/N-ethyl adjacent to an activating group) is 2. The molecule has 2 aliphatic rings. The van der Waals surface area contributed by atoms with Gasteiger partial charge in [-0.05, 0) is 41.8 Å². The number of halogens is 2. The van der Waals surface area contributed by atoms with E-state index in [-0.39, 0.29) is 24.9 Å². The molecule has 0 radical (unpaired) electrons. The largest absolute Gasteiger partial charge is 0.353 e. The lowest BCUT2D eigenvalue weighted by atomic mass is 10.1. The Balaban J connectivity index is 1.53. The molecule has 0 saturated carbocycles. The molecule has 0 saturated heterocycles. The van der Waals surface area contributed by atoms with Crippen LogP contribution in [0.2, 0.25) is 0 Å². The standard InChI is InChI=1S/C27H37F2N7O2/c1-4-30-9-10-31-26(37)17-34(18-27(38)33(3)35-14-20-7-5-6-8-21(20)15-35)23-12-24-22(11-19(23)2)13-32-36(24)16-25(28)29/h5-8,11-12,25,30,32H,4,9-10,13-18H2,1-3H3,(H,31,37). The number of carbonyl (C=O) groups is 2. The van der Waals surface area contributed by atoms with Crippen molar-refractivity contribution >= 4 is 23.2 Å². The van der Waals surface area contributed by atoms with Gasteiger partial charge in [-0.2, -0.15) is 0 Å². The van der Waals surface area contributed by atoms with Gasteiger partial charge < -0.3 is 20.5 Å². The summed E-state index contributed by atoms with van der Waals surface area (Å²) in [5.74, 6) is -0.380. The van der Waals surface area contributed by atoms with Gasteiger partial charge in [-0.15, -0.1) is 0 Å². The predicted molar refractivity (Wildman–Crippen MR) is 144 cm³/mol. The minimum Gasteiger partial charge on any atom is -0.353 e. The Morgan fingerprint density at radius 1 is 1.08 bits per heavy atom. The summed E-state index contributed by atoms with van der Waals surface area (Å²) < 4.78 is 26.3. The van der Waals surface area contributed by atoms with Crippen LogP contribution in [-0.2, 0) is 29.2 Å². The second-order valence-electron chi connectivity index (χ2n) is 9.67. The molecule has 3 N–H and O–H groups in total. The van der Waals surface area contributed by atoms with Crippen LogP contribution in [0.5, 0.6) is 0 Å². The maximum absolute atomic E-state index is 13.5. The molecule has 9 nitrogen and oxygen atoms in total. The van der Waals surface area contributed by atoms with E-state index in [1.165, 1.54) is 16.1 Å². The number of nitrogens with zero attached hydrogens (tertiary/aromatic N) is 4. The lowest BCUT2D eigenvalue weighted by molar-refractivity contribution is -0.145. The molecule has 2 aliphatic heterocycles. The molecule has 0 unspecified atom stereocenters. The summed E-state index contributed by atoms with van der Waals surface area (Å²) in [7, 11) is 1.74. The topological polar surface area (TPSA) is 83.2 Å². The average molecular weight is 530 g/mol. The molecule has 0 aromatic heterocycles. The van der Waals surface area contributed by atoms with Gasteiger partial charge in [0.1, 0.15) is 0 Å². The molecule has 2 aromatic carbocycles. The Hall–Kier alpha value is -3.28. The number of hydrazine groups is 2. The van der Waals surface area contributed by atoms with Crippen molar-refractivity contribution in [2.24, 2.45) is 0 Å². The molecule has 11 heteroatoms. The predicted octanol–water partition coefficient (Wildman–Crippen LogP) is 2.01. The smallest absolute Gasteiger partial charge is 0.257 e. The Bertz CT molecular complexity index is 1120. The van der Waals surface area contributed by atoms with Crippen LogP contribution in [0.3, 0.4) is 0 Å². The second-order valence-corrected chi connectivity index (χ2v) is 9.67. The van der Waals surface area contributed by atoms with Gasteiger partial charge in [0.15, 0.2) is 0 Å². The Morgan fingerprint density at radius 3 is 2.45 bits per heavy atom. The van der Waals surface area contributed by atoms with Crippen molar-refractivity contribution in [2.75, 3.05) is 56.2 Å². The molecular weight excluding hydrogens is 492 g/mol. The molecule has 0 aliphatic carbocycles. The number of anilines is 2. The maximum atomic E-state index is 13.5. The zero-order valence-electron chi connectivity index (χ0n) is 22.3. The van der Waals surface area contributed by atoms with Crippen LogP contribution in [0.4, 0.5) is 20.2 Å². The molecule has 4 rings (SSSR count). The van der Waals surface area contributed by atoms with Gasteiger partial charge in [0.05, 0.1) is 25.3 Å². The maximum Gasteiger partial charge on any atom is 0.257 e. The highest BCUT2D eigenvalue weighted by Gasteiger charge is 2.29. The van der Waals surface area contributed by atoms with Crippen LogP contribution in [0.25, 0.3) is 0 Å². The van der Waals surface area contributed by atoms with E-state index in [9.17, 15) is 18.4 Å². The molecule has 2 heterocycles. The van der Waals surface area contributed by atoms with Crippen molar-refractivity contribution in [3.05, 3.63) is 58.7 Å². The number of alkyl halides is 2. The van der Waals surface area contributed by atoms with Gasteiger partial charge in [-0.25, -0.2) is 19.2 Å². The lowest BCUT2D eigenvalue weighted by Crippen LogP contribution is -2.48. The van der Waals surface area contributed by atoms with Gasteiger partial charge in [-0.1, -0.05) is 37.3 Å². The third-order valence-corrected chi connectivity index (χ3v) is 6.95. The summed E-state index contributed by atoms with van der Waals surface area (Å²) in [5, 5.41) is 11.1. The number of rotatable bonds is 12. The molecule has 0 bridgehead atoms. The quantitative estimate of drug-likeness (QED) is 0.363.